The Balaban J connectivity index is 2.45. The molecular weight excluding hydrogens is 413 g/mol. The molecule has 0 spiro atoms. The minimum atomic E-state index is -4.38. The van der Waals surface area contributed by atoms with Crippen LogP contribution in [0.1, 0.15) is 21.5 Å². The van der Waals surface area contributed by atoms with Crippen molar-refractivity contribution in [1.29, 1.82) is 0 Å². The van der Waals surface area contributed by atoms with Crippen molar-refractivity contribution in [2.45, 2.75) is 11.0 Å². The predicted octanol–water partition coefficient (Wildman–Crippen LogP) is 5.96. The van der Waals surface area contributed by atoms with Crippen LogP contribution in [0.5, 0.6) is 5.75 Å². The molecule has 0 N–H and O–H groups in total. The Bertz CT molecular complexity index is 641. The zero-order valence-electron chi connectivity index (χ0n) is 10.9. The van der Waals surface area contributed by atoms with E-state index >= 15 is 0 Å². The second-order valence-corrected chi connectivity index (χ2v) is 6.11. The molecule has 0 aliphatic carbocycles. The Labute approximate surface area is 137 Å². The summed E-state index contributed by atoms with van der Waals surface area (Å²) in [6.07, 6.45) is -4.38. The van der Waals surface area contributed by atoms with Crippen LogP contribution in [-0.2, 0) is 6.18 Å². The molecule has 0 bridgehead atoms. The van der Waals surface area contributed by atoms with Crippen molar-refractivity contribution in [1.82, 2.24) is 0 Å². The van der Waals surface area contributed by atoms with Crippen molar-refractivity contribution < 1.29 is 17.9 Å². The van der Waals surface area contributed by atoms with Crippen molar-refractivity contribution in [2.75, 3.05) is 7.11 Å². The lowest BCUT2D eigenvalue weighted by molar-refractivity contribution is -0.138. The average Bonchev–Trinajstić information content (AvgIpc) is 2.45. The lowest BCUT2D eigenvalue weighted by atomic mass is 9.99. The topological polar surface area (TPSA) is 9.23 Å². The van der Waals surface area contributed by atoms with E-state index in [1.165, 1.54) is 19.2 Å². The fourth-order valence-electron chi connectivity index (χ4n) is 2.00. The number of hydrogen-bond donors (Lipinski definition) is 0. The quantitative estimate of drug-likeness (QED) is 0.553. The van der Waals surface area contributed by atoms with Crippen molar-refractivity contribution >= 4 is 31.9 Å². The summed E-state index contributed by atoms with van der Waals surface area (Å²) in [4.78, 5) is -0.558. The third-order valence-electron chi connectivity index (χ3n) is 3.01. The summed E-state index contributed by atoms with van der Waals surface area (Å²) in [5.74, 6) is 0.627. The van der Waals surface area contributed by atoms with Crippen molar-refractivity contribution in [3.63, 3.8) is 0 Å². The van der Waals surface area contributed by atoms with Gasteiger partial charge in [-0.25, -0.2) is 0 Å². The van der Waals surface area contributed by atoms with Crippen LogP contribution in [0.4, 0.5) is 13.2 Å². The molecule has 0 fully saturated rings. The van der Waals surface area contributed by atoms with E-state index in [1.54, 1.807) is 24.3 Å². The zero-order chi connectivity index (χ0) is 15.6. The van der Waals surface area contributed by atoms with Gasteiger partial charge >= 0.3 is 6.18 Å². The smallest absolute Gasteiger partial charge is 0.416 e. The summed E-state index contributed by atoms with van der Waals surface area (Å²) < 4.78 is 45.0. The lowest BCUT2D eigenvalue weighted by Gasteiger charge is -2.18. The molecule has 1 atom stereocenters. The van der Waals surface area contributed by atoms with Crippen LogP contribution in [0, 0.1) is 0 Å². The number of hydrogen-bond acceptors (Lipinski definition) is 1. The van der Waals surface area contributed by atoms with Gasteiger partial charge in [-0.3, -0.25) is 0 Å². The number of ether oxygens (including phenoxy) is 1. The number of halogens is 5. The summed E-state index contributed by atoms with van der Waals surface area (Å²) in [5, 5.41) is 0. The van der Waals surface area contributed by atoms with Crippen molar-refractivity contribution in [3.05, 3.63) is 63.6 Å². The maximum Gasteiger partial charge on any atom is 0.416 e. The molecule has 0 aliphatic heterocycles. The van der Waals surface area contributed by atoms with Crippen LogP contribution >= 0.6 is 31.9 Å². The molecule has 0 amide bonds. The normalized spacial score (nSPS) is 13.0. The van der Waals surface area contributed by atoms with Crippen molar-refractivity contribution in [3.8, 4) is 5.75 Å². The van der Waals surface area contributed by atoms with Gasteiger partial charge in [-0.05, 0) is 45.3 Å². The van der Waals surface area contributed by atoms with E-state index in [2.05, 4.69) is 31.9 Å². The molecule has 0 aliphatic rings. The molecule has 1 unspecified atom stereocenters. The number of methoxy groups -OCH3 is 1. The third-order valence-corrected chi connectivity index (χ3v) is 4.65. The van der Waals surface area contributed by atoms with E-state index in [9.17, 15) is 13.2 Å². The first kappa shape index (κ1) is 16.4. The van der Waals surface area contributed by atoms with E-state index in [-0.39, 0.29) is 5.56 Å². The Morgan fingerprint density at radius 2 is 1.76 bits per heavy atom. The summed E-state index contributed by atoms with van der Waals surface area (Å²) in [5.41, 5.74) is 0.250. The highest BCUT2D eigenvalue weighted by atomic mass is 79.9. The van der Waals surface area contributed by atoms with Crippen LogP contribution < -0.4 is 4.74 Å². The molecule has 2 aromatic rings. The van der Waals surface area contributed by atoms with Gasteiger partial charge < -0.3 is 4.74 Å². The van der Waals surface area contributed by atoms with E-state index in [0.717, 1.165) is 6.07 Å². The largest absolute Gasteiger partial charge is 0.496 e. The average molecular weight is 424 g/mol. The summed E-state index contributed by atoms with van der Waals surface area (Å²) >= 11 is 6.69. The molecule has 0 heterocycles. The first-order chi connectivity index (χ1) is 9.84. The zero-order valence-corrected chi connectivity index (χ0v) is 14.1. The first-order valence-electron chi connectivity index (χ1n) is 5.98. The summed E-state index contributed by atoms with van der Waals surface area (Å²) in [6, 6.07) is 10.7. The molecule has 0 aromatic heterocycles. The van der Waals surface area contributed by atoms with Gasteiger partial charge in [0.25, 0.3) is 0 Å². The SMILES string of the molecule is COc1ccc(C(Br)c2ccccc2C(F)(F)F)cc1Br. The lowest BCUT2D eigenvalue weighted by Crippen LogP contribution is -2.10. The molecule has 112 valence electrons. The highest BCUT2D eigenvalue weighted by Crippen LogP contribution is 2.41. The first-order valence-corrected chi connectivity index (χ1v) is 7.69. The van der Waals surface area contributed by atoms with Crippen LogP contribution in [0.15, 0.2) is 46.9 Å². The Morgan fingerprint density at radius 3 is 2.33 bits per heavy atom. The van der Waals surface area contributed by atoms with Gasteiger partial charge in [0.1, 0.15) is 5.75 Å². The highest BCUT2D eigenvalue weighted by Gasteiger charge is 2.34. The fourth-order valence-corrected chi connectivity index (χ4v) is 3.24. The Hall–Kier alpha value is -1.01. The molecule has 6 heteroatoms. The number of alkyl halides is 4. The maximum absolute atomic E-state index is 13.1. The van der Waals surface area contributed by atoms with Crippen molar-refractivity contribution in [2.24, 2.45) is 0 Å². The minimum absolute atomic E-state index is 0.182. The van der Waals surface area contributed by atoms with Gasteiger partial charge in [-0.2, -0.15) is 13.2 Å². The number of rotatable bonds is 3. The summed E-state index contributed by atoms with van der Waals surface area (Å²) in [6.45, 7) is 0. The second kappa shape index (κ2) is 6.40. The van der Waals surface area contributed by atoms with E-state index in [4.69, 9.17) is 4.74 Å². The van der Waals surface area contributed by atoms with Gasteiger partial charge in [-0.1, -0.05) is 40.2 Å². The minimum Gasteiger partial charge on any atom is -0.496 e. The fraction of sp³-hybridized carbons (Fsp3) is 0.200. The van der Waals surface area contributed by atoms with Crippen LogP contribution in [0.25, 0.3) is 0 Å². The molecule has 21 heavy (non-hydrogen) atoms. The van der Waals surface area contributed by atoms with E-state index in [1.807, 2.05) is 0 Å². The molecule has 0 saturated heterocycles. The highest BCUT2D eigenvalue weighted by molar-refractivity contribution is 9.10. The maximum atomic E-state index is 13.1. The van der Waals surface area contributed by atoms with Crippen LogP contribution in [-0.4, -0.2) is 7.11 Å². The summed E-state index contributed by atoms with van der Waals surface area (Å²) in [7, 11) is 1.53. The molecule has 2 rings (SSSR count). The van der Waals surface area contributed by atoms with Gasteiger partial charge in [0.15, 0.2) is 0 Å². The monoisotopic (exact) mass is 422 g/mol. The second-order valence-electron chi connectivity index (χ2n) is 4.34. The van der Waals surface area contributed by atoms with Gasteiger partial charge in [0.2, 0.25) is 0 Å². The predicted molar refractivity (Wildman–Crippen MR) is 82.9 cm³/mol. The molecule has 1 nitrogen and oxygen atoms in total. The Kier molecular flexibility index (Phi) is 4.99. The third kappa shape index (κ3) is 3.61. The molecule has 0 saturated carbocycles. The molecular formula is C15H11Br2F3O. The standard InChI is InChI=1S/C15H11Br2F3O/c1-21-13-7-6-9(8-12(13)16)14(17)10-4-2-3-5-11(10)15(18,19)20/h2-8,14H,1H3. The Morgan fingerprint density at radius 1 is 1.10 bits per heavy atom. The molecule has 0 radical (unpaired) electrons. The number of benzene rings is 2. The van der Waals surface area contributed by atoms with Gasteiger partial charge in [0, 0.05) is 0 Å². The van der Waals surface area contributed by atoms with Crippen LogP contribution in [0.3, 0.4) is 0 Å². The van der Waals surface area contributed by atoms with Gasteiger partial charge in [-0.15, -0.1) is 0 Å². The molecule has 2 aromatic carbocycles. The van der Waals surface area contributed by atoms with E-state index < -0.39 is 16.6 Å². The van der Waals surface area contributed by atoms with E-state index in [0.29, 0.717) is 15.8 Å². The van der Waals surface area contributed by atoms with Crippen LogP contribution in [0.2, 0.25) is 0 Å². The van der Waals surface area contributed by atoms with Gasteiger partial charge in [0.05, 0.1) is 22.0 Å².